The number of methoxy groups -OCH3 is 1. The Morgan fingerprint density at radius 1 is 0.731 bits per heavy atom. The smallest absolute Gasteiger partial charge is 0.362 e. The lowest BCUT2D eigenvalue weighted by molar-refractivity contribution is 0.0701. The molecule has 0 bridgehead atoms. The summed E-state index contributed by atoms with van der Waals surface area (Å²) in [5.41, 5.74) is 0.253. The topological polar surface area (TPSA) is 74.7 Å². The molecule has 0 saturated heterocycles. The number of carbonyl (C=O) groups excluding carboxylic acids is 2. The van der Waals surface area contributed by atoms with Gasteiger partial charge in [-0.2, -0.15) is 0 Å². The molecule has 6 heteroatoms. The second-order valence-corrected chi connectivity index (χ2v) is 5.14. The molecule has 0 aliphatic heterocycles. The molecule has 1 heterocycles. The molecule has 0 aliphatic carbocycles. The van der Waals surface area contributed by atoms with Gasteiger partial charge in [0.15, 0.2) is 11.5 Å². The molecule has 0 N–H and O–H groups in total. The molecule has 0 amide bonds. The Hall–Kier alpha value is -3.67. The van der Waals surface area contributed by atoms with Gasteiger partial charge in [0.25, 0.3) is 0 Å². The largest absolute Gasteiger partial charge is 0.493 e. The summed E-state index contributed by atoms with van der Waals surface area (Å²) in [7, 11) is 1.48. The molecule has 0 unspecified atom stereocenters. The van der Waals surface area contributed by atoms with Crippen molar-refractivity contribution in [3.8, 4) is 17.2 Å². The van der Waals surface area contributed by atoms with Crippen LogP contribution in [0.4, 0.5) is 0 Å². The lowest BCUT2D eigenvalue weighted by atomic mass is 10.2. The third-order valence-corrected chi connectivity index (χ3v) is 3.46. The fraction of sp³-hybridized carbons (Fsp3) is 0.0500. The number of ether oxygens (including phenoxy) is 3. The fourth-order valence-electron chi connectivity index (χ4n) is 2.22. The van der Waals surface area contributed by atoms with Gasteiger partial charge in [-0.05, 0) is 36.4 Å². The van der Waals surface area contributed by atoms with Crippen LogP contribution in [0.2, 0.25) is 0 Å². The van der Waals surface area contributed by atoms with Gasteiger partial charge in [-0.1, -0.05) is 30.3 Å². The second kappa shape index (κ2) is 7.94. The van der Waals surface area contributed by atoms with Gasteiger partial charge < -0.3 is 14.2 Å². The first-order valence-electron chi connectivity index (χ1n) is 7.76. The SMILES string of the molecule is COc1ccccc1OC(=O)c1ccccc1OC(=O)c1ccccn1. The van der Waals surface area contributed by atoms with E-state index in [9.17, 15) is 9.59 Å². The van der Waals surface area contributed by atoms with Crippen LogP contribution in [-0.2, 0) is 0 Å². The average Bonchev–Trinajstić information content (AvgIpc) is 2.69. The summed E-state index contributed by atoms with van der Waals surface area (Å²) in [6.45, 7) is 0. The maximum absolute atomic E-state index is 12.5. The standard InChI is InChI=1S/C20H15NO5/c1-24-17-11-4-5-12-18(17)26-19(22)14-8-2-3-10-16(14)25-20(23)15-9-6-7-13-21-15/h2-13H,1H3. The van der Waals surface area contributed by atoms with Crippen molar-refractivity contribution in [2.45, 2.75) is 0 Å². The van der Waals surface area contributed by atoms with E-state index >= 15 is 0 Å². The molecular formula is C20H15NO5. The Balaban J connectivity index is 1.82. The van der Waals surface area contributed by atoms with E-state index in [0.717, 1.165) is 0 Å². The summed E-state index contributed by atoms with van der Waals surface area (Å²) in [5.74, 6) is -0.556. The molecule has 6 nitrogen and oxygen atoms in total. The van der Waals surface area contributed by atoms with E-state index < -0.39 is 11.9 Å². The molecule has 0 atom stereocenters. The third kappa shape index (κ3) is 3.87. The number of nitrogens with zero attached hydrogens (tertiary/aromatic N) is 1. The first-order valence-corrected chi connectivity index (χ1v) is 7.76. The summed E-state index contributed by atoms with van der Waals surface area (Å²) in [5, 5.41) is 0. The quantitative estimate of drug-likeness (QED) is 0.518. The van der Waals surface area contributed by atoms with Crippen molar-refractivity contribution in [3.63, 3.8) is 0 Å². The zero-order chi connectivity index (χ0) is 18.4. The van der Waals surface area contributed by atoms with Crippen LogP contribution in [-0.4, -0.2) is 24.0 Å². The maximum atomic E-state index is 12.5. The molecule has 3 rings (SSSR count). The van der Waals surface area contributed by atoms with Crippen LogP contribution in [0.15, 0.2) is 72.9 Å². The Kier molecular flexibility index (Phi) is 5.24. The first kappa shape index (κ1) is 17.2. The summed E-state index contributed by atoms with van der Waals surface area (Å²) in [6.07, 6.45) is 1.48. The maximum Gasteiger partial charge on any atom is 0.362 e. The molecular weight excluding hydrogens is 334 g/mol. The van der Waals surface area contributed by atoms with Gasteiger partial charge >= 0.3 is 11.9 Å². The number of rotatable bonds is 5. The van der Waals surface area contributed by atoms with Crippen LogP contribution in [0, 0.1) is 0 Å². The zero-order valence-electron chi connectivity index (χ0n) is 13.9. The van der Waals surface area contributed by atoms with E-state index in [1.165, 1.54) is 31.5 Å². The number of hydrogen-bond donors (Lipinski definition) is 0. The average molecular weight is 349 g/mol. The van der Waals surface area contributed by atoms with Crippen molar-refractivity contribution in [3.05, 3.63) is 84.2 Å². The van der Waals surface area contributed by atoms with Crippen LogP contribution in [0.1, 0.15) is 20.8 Å². The third-order valence-electron chi connectivity index (χ3n) is 3.46. The van der Waals surface area contributed by atoms with Crippen molar-refractivity contribution in [1.29, 1.82) is 0 Å². The van der Waals surface area contributed by atoms with Gasteiger partial charge in [0.1, 0.15) is 17.0 Å². The minimum atomic E-state index is -0.668. The highest BCUT2D eigenvalue weighted by atomic mass is 16.6. The fourth-order valence-corrected chi connectivity index (χ4v) is 2.22. The number of benzene rings is 2. The number of carbonyl (C=O) groups is 2. The molecule has 0 spiro atoms. The van der Waals surface area contributed by atoms with Gasteiger partial charge in [0.05, 0.1) is 7.11 Å². The van der Waals surface area contributed by atoms with E-state index in [0.29, 0.717) is 5.75 Å². The van der Waals surface area contributed by atoms with Crippen LogP contribution in [0.5, 0.6) is 17.2 Å². The summed E-state index contributed by atoms with van der Waals surface area (Å²) in [4.78, 5) is 28.7. The predicted molar refractivity (Wildman–Crippen MR) is 93.6 cm³/mol. The van der Waals surface area contributed by atoms with E-state index in [4.69, 9.17) is 14.2 Å². The number of pyridine rings is 1. The normalized spacial score (nSPS) is 10.0. The Morgan fingerprint density at radius 3 is 2.04 bits per heavy atom. The van der Waals surface area contributed by atoms with E-state index in [1.54, 1.807) is 48.5 Å². The van der Waals surface area contributed by atoms with Crippen molar-refractivity contribution in [1.82, 2.24) is 4.98 Å². The van der Waals surface area contributed by atoms with Gasteiger partial charge in [-0.15, -0.1) is 0 Å². The highest BCUT2D eigenvalue weighted by Gasteiger charge is 2.19. The highest BCUT2D eigenvalue weighted by molar-refractivity contribution is 5.96. The van der Waals surface area contributed by atoms with Gasteiger partial charge in [-0.3, -0.25) is 0 Å². The van der Waals surface area contributed by atoms with Crippen molar-refractivity contribution < 1.29 is 23.8 Å². The monoisotopic (exact) mass is 349 g/mol. The number of aromatic nitrogens is 1. The summed E-state index contributed by atoms with van der Waals surface area (Å²) in [6, 6.07) is 18.0. The molecule has 0 saturated carbocycles. The van der Waals surface area contributed by atoms with Crippen molar-refractivity contribution in [2.24, 2.45) is 0 Å². The zero-order valence-corrected chi connectivity index (χ0v) is 13.9. The Morgan fingerprint density at radius 2 is 1.35 bits per heavy atom. The molecule has 26 heavy (non-hydrogen) atoms. The Bertz CT molecular complexity index is 924. The molecule has 3 aromatic rings. The second-order valence-electron chi connectivity index (χ2n) is 5.14. The summed E-state index contributed by atoms with van der Waals surface area (Å²) < 4.78 is 15.9. The van der Waals surface area contributed by atoms with Crippen LogP contribution in [0.25, 0.3) is 0 Å². The van der Waals surface area contributed by atoms with E-state index in [1.807, 2.05) is 0 Å². The minimum Gasteiger partial charge on any atom is -0.493 e. The van der Waals surface area contributed by atoms with E-state index in [2.05, 4.69) is 4.98 Å². The molecule has 0 radical (unpaired) electrons. The predicted octanol–water partition coefficient (Wildman–Crippen LogP) is 3.53. The molecule has 130 valence electrons. The molecule has 0 fully saturated rings. The van der Waals surface area contributed by atoms with Gasteiger partial charge in [0, 0.05) is 6.20 Å². The lowest BCUT2D eigenvalue weighted by Crippen LogP contribution is -2.15. The number of para-hydroxylation sites is 3. The van der Waals surface area contributed by atoms with Crippen LogP contribution < -0.4 is 14.2 Å². The Labute approximate surface area is 150 Å². The minimum absolute atomic E-state index is 0.0862. The van der Waals surface area contributed by atoms with E-state index in [-0.39, 0.29) is 22.8 Å². The summed E-state index contributed by atoms with van der Waals surface area (Å²) >= 11 is 0. The molecule has 0 aliphatic rings. The first-order chi connectivity index (χ1) is 12.7. The molecule has 2 aromatic carbocycles. The lowest BCUT2D eigenvalue weighted by Gasteiger charge is -2.11. The molecule has 1 aromatic heterocycles. The highest BCUT2D eigenvalue weighted by Crippen LogP contribution is 2.28. The number of hydrogen-bond acceptors (Lipinski definition) is 6. The van der Waals surface area contributed by atoms with Crippen LogP contribution >= 0.6 is 0 Å². The number of esters is 2. The van der Waals surface area contributed by atoms with Gasteiger partial charge in [-0.25, -0.2) is 14.6 Å². The van der Waals surface area contributed by atoms with Crippen molar-refractivity contribution in [2.75, 3.05) is 7.11 Å². The van der Waals surface area contributed by atoms with Gasteiger partial charge in [0.2, 0.25) is 0 Å². The van der Waals surface area contributed by atoms with Crippen LogP contribution in [0.3, 0.4) is 0 Å². The van der Waals surface area contributed by atoms with Crippen molar-refractivity contribution >= 4 is 11.9 Å².